The second kappa shape index (κ2) is 6.04. The van der Waals surface area contributed by atoms with Crippen molar-refractivity contribution in [1.82, 2.24) is 0 Å². The van der Waals surface area contributed by atoms with Crippen LogP contribution in [0, 0.1) is 11.8 Å². The van der Waals surface area contributed by atoms with E-state index in [1.165, 1.54) is 12.8 Å². The van der Waals surface area contributed by atoms with E-state index in [1.807, 2.05) is 13.8 Å². The molecule has 0 saturated heterocycles. The Morgan fingerprint density at radius 1 is 1.33 bits per heavy atom. The minimum absolute atomic E-state index is 0.105. The van der Waals surface area contributed by atoms with E-state index in [9.17, 15) is 4.79 Å². The molecule has 1 saturated carbocycles. The number of hydrogen-bond donors (Lipinski definition) is 1. The minimum atomic E-state index is -0.105. The molecule has 1 aliphatic carbocycles. The molecule has 2 nitrogen and oxygen atoms in total. The van der Waals surface area contributed by atoms with Gasteiger partial charge in [-0.3, -0.25) is 4.79 Å². The van der Waals surface area contributed by atoms with Gasteiger partial charge in [-0.2, -0.15) is 0 Å². The van der Waals surface area contributed by atoms with Gasteiger partial charge in [-0.25, -0.2) is 0 Å². The second-order valence-electron chi connectivity index (χ2n) is 3.37. The molecule has 72 valence electrons. The first-order chi connectivity index (χ1) is 5.70. The summed E-state index contributed by atoms with van der Waals surface area (Å²) in [5.41, 5.74) is 5.19. The van der Waals surface area contributed by atoms with Gasteiger partial charge in [0, 0.05) is 5.92 Å². The largest absolute Gasteiger partial charge is 0.369 e. The molecular weight excluding hydrogens is 150 g/mol. The standard InChI is InChI=1S/C8H15NO.C2H6/c1-6-3-2-4-7(5-6)8(9)10;1-2/h6-7H,2-5H2,1H3,(H2,9,10);1-2H3/t6-,7?;/m1./s1. The number of primary amides is 1. The third-order valence-corrected chi connectivity index (χ3v) is 2.34. The maximum absolute atomic E-state index is 10.7. The predicted molar refractivity (Wildman–Crippen MR) is 51.7 cm³/mol. The molecule has 0 aromatic heterocycles. The van der Waals surface area contributed by atoms with Crippen molar-refractivity contribution in [1.29, 1.82) is 0 Å². The first-order valence-corrected chi connectivity index (χ1v) is 4.99. The molecule has 0 radical (unpaired) electrons. The SMILES string of the molecule is CC.C[C@@H]1CCCC(C(N)=O)C1. The highest BCUT2D eigenvalue weighted by atomic mass is 16.1. The summed E-state index contributed by atoms with van der Waals surface area (Å²) in [7, 11) is 0. The molecule has 0 spiro atoms. The quantitative estimate of drug-likeness (QED) is 0.646. The Balaban J connectivity index is 0.000000561. The summed E-state index contributed by atoms with van der Waals surface area (Å²) < 4.78 is 0. The molecule has 0 aromatic rings. The van der Waals surface area contributed by atoms with Crippen molar-refractivity contribution in [3.05, 3.63) is 0 Å². The van der Waals surface area contributed by atoms with E-state index in [4.69, 9.17) is 5.73 Å². The molecule has 12 heavy (non-hydrogen) atoms. The van der Waals surface area contributed by atoms with Gasteiger partial charge in [0.15, 0.2) is 0 Å². The zero-order chi connectivity index (χ0) is 9.56. The van der Waals surface area contributed by atoms with Crippen molar-refractivity contribution < 1.29 is 4.79 Å². The highest BCUT2D eigenvalue weighted by Crippen LogP contribution is 2.27. The highest BCUT2D eigenvalue weighted by Gasteiger charge is 2.22. The van der Waals surface area contributed by atoms with Crippen molar-refractivity contribution in [3.63, 3.8) is 0 Å². The lowest BCUT2D eigenvalue weighted by atomic mass is 9.82. The Labute approximate surface area is 75.5 Å². The van der Waals surface area contributed by atoms with E-state index < -0.39 is 0 Å². The van der Waals surface area contributed by atoms with Crippen LogP contribution in [0.2, 0.25) is 0 Å². The van der Waals surface area contributed by atoms with Crippen molar-refractivity contribution >= 4 is 5.91 Å². The van der Waals surface area contributed by atoms with Gasteiger partial charge in [0.05, 0.1) is 0 Å². The summed E-state index contributed by atoms with van der Waals surface area (Å²) in [5, 5.41) is 0. The fourth-order valence-corrected chi connectivity index (χ4v) is 1.69. The van der Waals surface area contributed by atoms with E-state index in [2.05, 4.69) is 6.92 Å². The Bertz CT molecular complexity index is 134. The number of carbonyl (C=O) groups excluding carboxylic acids is 1. The minimum Gasteiger partial charge on any atom is -0.369 e. The Hall–Kier alpha value is -0.530. The van der Waals surface area contributed by atoms with Crippen LogP contribution in [0.25, 0.3) is 0 Å². The molecule has 0 aliphatic heterocycles. The van der Waals surface area contributed by atoms with Crippen molar-refractivity contribution in [2.24, 2.45) is 17.6 Å². The molecule has 0 bridgehead atoms. The Morgan fingerprint density at radius 2 is 1.92 bits per heavy atom. The number of hydrogen-bond acceptors (Lipinski definition) is 1. The van der Waals surface area contributed by atoms with E-state index in [-0.39, 0.29) is 11.8 Å². The van der Waals surface area contributed by atoms with Crippen LogP contribution in [0.5, 0.6) is 0 Å². The fourth-order valence-electron chi connectivity index (χ4n) is 1.69. The zero-order valence-electron chi connectivity index (χ0n) is 8.47. The molecule has 2 N–H and O–H groups in total. The summed E-state index contributed by atoms with van der Waals surface area (Å²) >= 11 is 0. The molecule has 1 amide bonds. The molecule has 1 aliphatic rings. The number of rotatable bonds is 1. The Morgan fingerprint density at radius 3 is 2.25 bits per heavy atom. The van der Waals surface area contributed by atoms with Crippen LogP contribution in [-0.2, 0) is 4.79 Å². The van der Waals surface area contributed by atoms with Gasteiger partial charge >= 0.3 is 0 Å². The molecular formula is C10H21NO. The van der Waals surface area contributed by atoms with Gasteiger partial charge in [0.1, 0.15) is 0 Å². The highest BCUT2D eigenvalue weighted by molar-refractivity contribution is 5.76. The summed E-state index contributed by atoms with van der Waals surface area (Å²) in [6, 6.07) is 0. The van der Waals surface area contributed by atoms with E-state index >= 15 is 0 Å². The molecule has 1 rings (SSSR count). The van der Waals surface area contributed by atoms with E-state index in [1.54, 1.807) is 0 Å². The summed E-state index contributed by atoms with van der Waals surface area (Å²) in [6.07, 6.45) is 4.47. The van der Waals surface area contributed by atoms with Crippen LogP contribution < -0.4 is 5.73 Å². The van der Waals surface area contributed by atoms with Gasteiger partial charge in [0.2, 0.25) is 5.91 Å². The van der Waals surface area contributed by atoms with Gasteiger partial charge in [0.25, 0.3) is 0 Å². The number of carbonyl (C=O) groups is 1. The monoisotopic (exact) mass is 171 g/mol. The van der Waals surface area contributed by atoms with Crippen LogP contribution in [0.1, 0.15) is 46.5 Å². The number of amides is 1. The third-order valence-electron chi connectivity index (χ3n) is 2.34. The number of nitrogens with two attached hydrogens (primary N) is 1. The molecule has 0 aromatic carbocycles. The van der Waals surface area contributed by atoms with Gasteiger partial charge in [-0.05, 0) is 18.8 Å². The van der Waals surface area contributed by atoms with Gasteiger partial charge < -0.3 is 5.73 Å². The van der Waals surface area contributed by atoms with E-state index in [0.29, 0.717) is 5.92 Å². The van der Waals surface area contributed by atoms with Crippen LogP contribution in [0.3, 0.4) is 0 Å². The first-order valence-electron chi connectivity index (χ1n) is 4.99. The van der Waals surface area contributed by atoms with Crippen molar-refractivity contribution in [2.75, 3.05) is 0 Å². The molecule has 2 atom stereocenters. The second-order valence-corrected chi connectivity index (χ2v) is 3.37. The van der Waals surface area contributed by atoms with Crippen LogP contribution >= 0.6 is 0 Å². The fraction of sp³-hybridized carbons (Fsp3) is 0.900. The van der Waals surface area contributed by atoms with Gasteiger partial charge in [-0.1, -0.05) is 33.6 Å². The first kappa shape index (κ1) is 11.5. The average Bonchev–Trinajstić information content (AvgIpc) is 2.08. The lowest BCUT2D eigenvalue weighted by Gasteiger charge is -2.23. The topological polar surface area (TPSA) is 43.1 Å². The lowest BCUT2D eigenvalue weighted by molar-refractivity contribution is -0.123. The summed E-state index contributed by atoms with van der Waals surface area (Å²) in [4.78, 5) is 10.7. The normalized spacial score (nSPS) is 28.6. The molecule has 1 unspecified atom stereocenters. The maximum atomic E-state index is 10.7. The average molecular weight is 171 g/mol. The lowest BCUT2D eigenvalue weighted by Crippen LogP contribution is -2.27. The van der Waals surface area contributed by atoms with Crippen LogP contribution in [-0.4, -0.2) is 5.91 Å². The van der Waals surface area contributed by atoms with Crippen molar-refractivity contribution in [2.45, 2.75) is 46.5 Å². The molecule has 1 fully saturated rings. The van der Waals surface area contributed by atoms with Crippen LogP contribution in [0.15, 0.2) is 0 Å². The zero-order valence-corrected chi connectivity index (χ0v) is 8.47. The summed E-state index contributed by atoms with van der Waals surface area (Å²) in [5.74, 6) is 0.765. The van der Waals surface area contributed by atoms with Gasteiger partial charge in [-0.15, -0.1) is 0 Å². The molecule has 0 heterocycles. The molecule has 2 heteroatoms. The summed E-state index contributed by atoms with van der Waals surface area (Å²) in [6.45, 7) is 6.19. The van der Waals surface area contributed by atoms with E-state index in [0.717, 1.165) is 12.8 Å². The van der Waals surface area contributed by atoms with Crippen molar-refractivity contribution in [3.8, 4) is 0 Å². The maximum Gasteiger partial charge on any atom is 0.220 e. The predicted octanol–water partition coefficient (Wildman–Crippen LogP) is 2.32. The smallest absolute Gasteiger partial charge is 0.220 e. The van der Waals surface area contributed by atoms with Crippen LogP contribution in [0.4, 0.5) is 0 Å². The Kier molecular flexibility index (Phi) is 5.77. The third kappa shape index (κ3) is 3.74.